The maximum absolute atomic E-state index is 14.0. The Labute approximate surface area is 208 Å². The van der Waals surface area contributed by atoms with Crippen LogP contribution in [0.5, 0.6) is 0 Å². The Morgan fingerprint density at radius 1 is 1.09 bits per heavy atom. The van der Waals surface area contributed by atoms with E-state index in [-0.39, 0.29) is 18.9 Å². The third-order valence-corrected chi connectivity index (χ3v) is 7.56. The van der Waals surface area contributed by atoms with E-state index in [1.54, 1.807) is 31.2 Å². The van der Waals surface area contributed by atoms with Gasteiger partial charge in [-0.3, -0.25) is 24.1 Å². The second kappa shape index (κ2) is 8.77. The number of hydrogen-bond acceptors (Lipinski definition) is 6. The van der Waals surface area contributed by atoms with Crippen LogP contribution in [0.2, 0.25) is 5.02 Å². The summed E-state index contributed by atoms with van der Waals surface area (Å²) in [5.41, 5.74) is 0.662. The molecule has 0 aliphatic carbocycles. The first-order valence-electron chi connectivity index (χ1n) is 11.7. The summed E-state index contributed by atoms with van der Waals surface area (Å²) in [4.78, 5) is 57.3. The first-order chi connectivity index (χ1) is 16.8. The molecule has 0 aromatic heterocycles. The fourth-order valence-corrected chi connectivity index (χ4v) is 6.03. The van der Waals surface area contributed by atoms with E-state index in [1.165, 1.54) is 4.90 Å². The Kier molecular flexibility index (Phi) is 5.89. The molecule has 3 amide bonds. The van der Waals surface area contributed by atoms with Crippen LogP contribution in [0.3, 0.4) is 0 Å². The first-order valence-corrected chi connectivity index (χ1v) is 12.1. The average molecular weight is 496 g/mol. The molecule has 3 heterocycles. The smallest absolute Gasteiger partial charge is 0.308 e. The van der Waals surface area contributed by atoms with Gasteiger partial charge in [-0.2, -0.15) is 0 Å². The quantitative estimate of drug-likeness (QED) is 0.506. The van der Waals surface area contributed by atoms with E-state index >= 15 is 0 Å². The maximum atomic E-state index is 14.0. The van der Waals surface area contributed by atoms with Crippen LogP contribution in [0.4, 0.5) is 5.69 Å². The number of amides is 3. The lowest BCUT2D eigenvalue weighted by molar-refractivity contribution is -0.156. The highest BCUT2D eigenvalue weighted by Gasteiger charge is 2.73. The van der Waals surface area contributed by atoms with Gasteiger partial charge in [0.15, 0.2) is 0 Å². The number of hydrogen-bond donors (Lipinski definition) is 1. The van der Waals surface area contributed by atoms with Crippen molar-refractivity contribution in [3.05, 3.63) is 64.7 Å². The highest BCUT2D eigenvalue weighted by molar-refractivity contribution is 6.30. The number of nitrogens with zero attached hydrogens (tertiary/aromatic N) is 2. The molecular formula is C26H26ClN3O5. The maximum Gasteiger partial charge on any atom is 0.308 e. The molecule has 4 unspecified atom stereocenters. The predicted molar refractivity (Wildman–Crippen MR) is 129 cm³/mol. The molecule has 3 aliphatic heterocycles. The lowest BCUT2D eigenvalue weighted by Gasteiger charge is -2.45. The molecule has 0 radical (unpaired) electrons. The number of piperazine rings is 1. The van der Waals surface area contributed by atoms with Gasteiger partial charge in [-0.1, -0.05) is 41.4 Å². The molecule has 0 spiro atoms. The highest BCUT2D eigenvalue weighted by Crippen LogP contribution is 2.57. The van der Waals surface area contributed by atoms with Gasteiger partial charge in [0.1, 0.15) is 5.54 Å². The monoisotopic (exact) mass is 495 g/mol. The standard InChI is InChI=1S/C26H26ClN3O5/c1-3-35-19(31)14-26-21-20(23(32)30(24(21)33)18-10-4-15(2)5-11-18)22(16-6-8-17(27)9-7-16)29(26)13-12-28-25(26)34/h4-11,20-22H,3,12-14H2,1-2H3,(H,28,34). The largest absolute Gasteiger partial charge is 0.466 e. The molecule has 5 rings (SSSR count). The number of benzene rings is 2. The minimum absolute atomic E-state index is 0.146. The lowest BCUT2D eigenvalue weighted by atomic mass is 9.76. The van der Waals surface area contributed by atoms with Crippen LogP contribution in [0.1, 0.15) is 30.5 Å². The van der Waals surface area contributed by atoms with E-state index in [9.17, 15) is 19.2 Å². The van der Waals surface area contributed by atoms with Crippen molar-refractivity contribution in [1.82, 2.24) is 10.2 Å². The summed E-state index contributed by atoms with van der Waals surface area (Å²) < 4.78 is 5.21. The van der Waals surface area contributed by atoms with E-state index in [0.29, 0.717) is 23.8 Å². The zero-order valence-corrected chi connectivity index (χ0v) is 20.2. The molecule has 182 valence electrons. The Bertz CT molecular complexity index is 1200. The van der Waals surface area contributed by atoms with Gasteiger partial charge >= 0.3 is 5.97 Å². The van der Waals surface area contributed by atoms with Gasteiger partial charge in [-0.15, -0.1) is 0 Å². The van der Waals surface area contributed by atoms with Gasteiger partial charge in [0.25, 0.3) is 0 Å². The normalized spacial score (nSPS) is 28.0. The number of halogens is 1. The minimum atomic E-state index is -1.54. The van der Waals surface area contributed by atoms with Crippen molar-refractivity contribution < 1.29 is 23.9 Å². The summed E-state index contributed by atoms with van der Waals surface area (Å²) in [5.74, 6) is -3.76. The molecule has 3 fully saturated rings. The first kappa shape index (κ1) is 23.5. The summed E-state index contributed by atoms with van der Waals surface area (Å²) in [6.45, 7) is 4.48. The molecule has 0 bridgehead atoms. The Morgan fingerprint density at radius 3 is 2.43 bits per heavy atom. The van der Waals surface area contributed by atoms with Gasteiger partial charge in [-0.25, -0.2) is 4.90 Å². The van der Waals surface area contributed by atoms with Gasteiger partial charge in [0.2, 0.25) is 17.7 Å². The zero-order valence-electron chi connectivity index (χ0n) is 19.5. The van der Waals surface area contributed by atoms with Crippen LogP contribution in [-0.4, -0.2) is 53.8 Å². The fourth-order valence-electron chi connectivity index (χ4n) is 5.90. The number of imide groups is 1. The van der Waals surface area contributed by atoms with E-state index in [0.717, 1.165) is 11.1 Å². The Hall–Kier alpha value is -3.23. The number of anilines is 1. The number of carbonyl (C=O) groups is 4. The van der Waals surface area contributed by atoms with Crippen LogP contribution in [-0.2, 0) is 23.9 Å². The van der Waals surface area contributed by atoms with Crippen LogP contribution in [0.25, 0.3) is 0 Å². The number of aryl methyl sites for hydroxylation is 1. The van der Waals surface area contributed by atoms with Crippen LogP contribution < -0.4 is 10.2 Å². The van der Waals surface area contributed by atoms with Crippen LogP contribution in [0.15, 0.2) is 48.5 Å². The number of nitrogens with one attached hydrogen (secondary N) is 1. The predicted octanol–water partition coefficient (Wildman–Crippen LogP) is 2.63. The van der Waals surface area contributed by atoms with Crippen molar-refractivity contribution in [2.75, 3.05) is 24.6 Å². The average Bonchev–Trinajstić information content (AvgIpc) is 3.26. The number of rotatable bonds is 5. The number of esters is 1. The van der Waals surface area contributed by atoms with E-state index in [2.05, 4.69) is 5.32 Å². The fraction of sp³-hybridized carbons (Fsp3) is 0.385. The molecule has 0 saturated carbocycles. The minimum Gasteiger partial charge on any atom is -0.466 e. The molecule has 4 atom stereocenters. The van der Waals surface area contributed by atoms with E-state index in [4.69, 9.17) is 16.3 Å². The Balaban J connectivity index is 1.69. The van der Waals surface area contributed by atoms with Crippen LogP contribution in [0, 0.1) is 18.8 Å². The second-order valence-electron chi connectivity index (χ2n) is 9.20. The molecule has 9 heteroatoms. The number of ether oxygens (including phenoxy) is 1. The van der Waals surface area contributed by atoms with E-state index < -0.39 is 41.2 Å². The summed E-state index contributed by atoms with van der Waals surface area (Å²) >= 11 is 6.12. The van der Waals surface area contributed by atoms with Crippen molar-refractivity contribution >= 4 is 41.0 Å². The molecule has 35 heavy (non-hydrogen) atoms. The molecular weight excluding hydrogens is 470 g/mol. The third-order valence-electron chi connectivity index (χ3n) is 7.31. The molecule has 1 N–H and O–H groups in total. The summed E-state index contributed by atoms with van der Waals surface area (Å²) in [5, 5.41) is 3.38. The molecule has 3 saturated heterocycles. The molecule has 2 aromatic rings. The van der Waals surface area contributed by atoms with Crippen LogP contribution >= 0.6 is 11.6 Å². The zero-order chi connectivity index (χ0) is 24.9. The van der Waals surface area contributed by atoms with E-state index in [1.807, 2.05) is 36.1 Å². The highest BCUT2D eigenvalue weighted by atomic mass is 35.5. The van der Waals surface area contributed by atoms with Crippen molar-refractivity contribution in [1.29, 1.82) is 0 Å². The van der Waals surface area contributed by atoms with Crippen molar-refractivity contribution in [3.8, 4) is 0 Å². The summed E-state index contributed by atoms with van der Waals surface area (Å²) in [6, 6.07) is 13.6. The van der Waals surface area contributed by atoms with Gasteiger partial charge in [0, 0.05) is 24.2 Å². The Morgan fingerprint density at radius 2 is 1.77 bits per heavy atom. The number of carbonyl (C=O) groups excluding carboxylic acids is 4. The van der Waals surface area contributed by atoms with Gasteiger partial charge < -0.3 is 10.1 Å². The van der Waals surface area contributed by atoms with Crippen molar-refractivity contribution in [3.63, 3.8) is 0 Å². The lowest BCUT2D eigenvalue weighted by Crippen LogP contribution is -2.67. The number of fused-ring (bicyclic) bond motifs is 3. The van der Waals surface area contributed by atoms with Gasteiger partial charge in [-0.05, 0) is 43.7 Å². The molecule has 3 aliphatic rings. The topological polar surface area (TPSA) is 96.0 Å². The SMILES string of the molecule is CCOC(=O)CC12C(=O)NCCN1C(c1ccc(Cl)cc1)C1C(=O)N(c3ccc(C)cc3)C(=O)C12. The van der Waals surface area contributed by atoms with Gasteiger partial charge in [0.05, 0.1) is 30.6 Å². The third kappa shape index (κ3) is 3.54. The van der Waals surface area contributed by atoms with Crippen molar-refractivity contribution in [2.45, 2.75) is 31.8 Å². The van der Waals surface area contributed by atoms with Crippen molar-refractivity contribution in [2.24, 2.45) is 11.8 Å². The molecule has 2 aromatic carbocycles. The molecule has 8 nitrogen and oxygen atoms in total. The summed E-state index contributed by atoms with van der Waals surface area (Å²) in [7, 11) is 0. The second-order valence-corrected chi connectivity index (χ2v) is 9.64. The summed E-state index contributed by atoms with van der Waals surface area (Å²) in [6.07, 6.45) is -0.321.